The highest BCUT2D eigenvalue weighted by atomic mass is 35.5. The molecule has 1 fully saturated rings. The fourth-order valence-corrected chi connectivity index (χ4v) is 4.73. The normalized spacial score (nSPS) is 18.0. The van der Waals surface area contributed by atoms with Gasteiger partial charge in [-0.3, -0.25) is 0 Å². The Labute approximate surface area is 130 Å². The average Bonchev–Trinajstić information content (AvgIpc) is 3.02. The minimum Gasteiger partial charge on any atom is -0.351 e. The molecular formula is C15H17ClN2O2S. The Balaban J connectivity index is 1.76. The van der Waals surface area contributed by atoms with Crippen LogP contribution in [0.2, 0.25) is 5.02 Å². The highest BCUT2D eigenvalue weighted by Crippen LogP contribution is 2.29. The van der Waals surface area contributed by atoms with E-state index in [4.69, 9.17) is 11.6 Å². The first-order valence-corrected chi connectivity index (χ1v) is 8.78. The summed E-state index contributed by atoms with van der Waals surface area (Å²) in [4.78, 5) is 0.200. The average molecular weight is 325 g/mol. The number of benzene rings is 1. The molecule has 6 heteroatoms. The summed E-state index contributed by atoms with van der Waals surface area (Å²) in [7, 11) is -3.49. The zero-order chi connectivity index (χ0) is 14.9. The Morgan fingerprint density at radius 1 is 1.00 bits per heavy atom. The van der Waals surface area contributed by atoms with Crippen molar-refractivity contribution < 1.29 is 8.42 Å². The van der Waals surface area contributed by atoms with E-state index in [0.717, 1.165) is 12.8 Å². The fraction of sp³-hybridized carbons (Fsp3) is 0.333. The van der Waals surface area contributed by atoms with E-state index in [1.165, 1.54) is 4.31 Å². The smallest absolute Gasteiger partial charge is 0.244 e. The van der Waals surface area contributed by atoms with E-state index in [9.17, 15) is 8.42 Å². The Morgan fingerprint density at radius 3 is 2.24 bits per heavy atom. The van der Waals surface area contributed by atoms with Crippen LogP contribution in [0.15, 0.2) is 53.7 Å². The molecule has 0 aliphatic carbocycles. The van der Waals surface area contributed by atoms with E-state index in [0.29, 0.717) is 19.1 Å². The summed E-state index contributed by atoms with van der Waals surface area (Å²) < 4.78 is 29.0. The second-order valence-electron chi connectivity index (χ2n) is 5.20. The monoisotopic (exact) mass is 324 g/mol. The lowest BCUT2D eigenvalue weighted by molar-refractivity contribution is 0.274. The van der Waals surface area contributed by atoms with Gasteiger partial charge in [0.25, 0.3) is 0 Å². The van der Waals surface area contributed by atoms with Crippen molar-refractivity contribution in [3.8, 4) is 0 Å². The van der Waals surface area contributed by atoms with Crippen molar-refractivity contribution in [2.45, 2.75) is 23.8 Å². The summed E-state index contributed by atoms with van der Waals surface area (Å²) in [5.41, 5.74) is 0. The standard InChI is InChI=1S/C15H17ClN2O2S/c16-14-5-1-2-6-15(14)21(19,20)18-11-7-13(8-12-18)17-9-3-4-10-17/h1-6,9-10,13H,7-8,11-12H2. The van der Waals surface area contributed by atoms with Crippen molar-refractivity contribution in [2.75, 3.05) is 13.1 Å². The van der Waals surface area contributed by atoms with Crippen LogP contribution in [0.1, 0.15) is 18.9 Å². The zero-order valence-corrected chi connectivity index (χ0v) is 13.1. The minimum absolute atomic E-state index is 0.200. The van der Waals surface area contributed by atoms with Crippen LogP contribution >= 0.6 is 11.6 Å². The first kappa shape index (κ1) is 14.6. The lowest BCUT2D eigenvalue weighted by atomic mass is 10.1. The molecule has 4 nitrogen and oxygen atoms in total. The van der Waals surface area contributed by atoms with E-state index < -0.39 is 10.0 Å². The van der Waals surface area contributed by atoms with Gasteiger partial charge < -0.3 is 4.57 Å². The largest absolute Gasteiger partial charge is 0.351 e. The maximum absolute atomic E-state index is 12.6. The van der Waals surface area contributed by atoms with Gasteiger partial charge >= 0.3 is 0 Å². The van der Waals surface area contributed by atoms with Gasteiger partial charge in [-0.05, 0) is 37.1 Å². The van der Waals surface area contributed by atoms with Crippen molar-refractivity contribution >= 4 is 21.6 Å². The lowest BCUT2D eigenvalue weighted by Crippen LogP contribution is -2.38. The summed E-state index contributed by atoms with van der Waals surface area (Å²) in [6, 6.07) is 11.0. The highest BCUT2D eigenvalue weighted by molar-refractivity contribution is 7.89. The Bertz CT molecular complexity index is 705. The molecule has 0 spiro atoms. The van der Waals surface area contributed by atoms with Crippen LogP contribution in [-0.4, -0.2) is 30.4 Å². The molecule has 112 valence electrons. The molecule has 0 atom stereocenters. The number of aromatic nitrogens is 1. The van der Waals surface area contributed by atoms with Gasteiger partial charge in [0.2, 0.25) is 10.0 Å². The number of sulfonamides is 1. The fourth-order valence-electron chi connectivity index (χ4n) is 2.76. The first-order valence-electron chi connectivity index (χ1n) is 6.96. The molecule has 21 heavy (non-hydrogen) atoms. The van der Waals surface area contributed by atoms with Crippen LogP contribution in [0.25, 0.3) is 0 Å². The molecular weight excluding hydrogens is 308 g/mol. The van der Waals surface area contributed by atoms with Crippen molar-refractivity contribution in [2.24, 2.45) is 0 Å². The zero-order valence-electron chi connectivity index (χ0n) is 11.5. The quantitative estimate of drug-likeness (QED) is 0.870. The predicted octanol–water partition coefficient (Wildman–Crippen LogP) is 3.17. The second kappa shape index (κ2) is 5.83. The topological polar surface area (TPSA) is 42.3 Å². The molecule has 0 saturated carbocycles. The van der Waals surface area contributed by atoms with Gasteiger partial charge in [-0.2, -0.15) is 4.31 Å². The molecule has 0 N–H and O–H groups in total. The van der Waals surface area contributed by atoms with Crippen molar-refractivity contribution in [3.63, 3.8) is 0 Å². The van der Waals surface area contributed by atoms with Crippen molar-refractivity contribution in [3.05, 3.63) is 53.8 Å². The van der Waals surface area contributed by atoms with Gasteiger partial charge in [-0.15, -0.1) is 0 Å². The molecule has 1 aliphatic heterocycles. The van der Waals surface area contributed by atoms with E-state index in [-0.39, 0.29) is 9.92 Å². The summed E-state index contributed by atoms with van der Waals surface area (Å²) >= 11 is 6.03. The van der Waals surface area contributed by atoms with E-state index in [1.807, 2.05) is 24.5 Å². The molecule has 0 radical (unpaired) electrons. The molecule has 1 saturated heterocycles. The molecule has 1 aromatic carbocycles. The second-order valence-corrected chi connectivity index (χ2v) is 7.51. The maximum Gasteiger partial charge on any atom is 0.244 e. The number of hydrogen-bond acceptors (Lipinski definition) is 2. The summed E-state index contributed by atoms with van der Waals surface area (Å²) in [6.07, 6.45) is 5.70. The third-order valence-corrected chi connectivity index (χ3v) is 6.33. The highest BCUT2D eigenvalue weighted by Gasteiger charge is 2.30. The number of halogens is 1. The van der Waals surface area contributed by atoms with Crippen LogP contribution in [0, 0.1) is 0 Å². The number of piperidine rings is 1. The number of hydrogen-bond donors (Lipinski definition) is 0. The summed E-state index contributed by atoms with van der Waals surface area (Å²) in [5, 5.41) is 0.282. The first-order chi connectivity index (χ1) is 10.1. The predicted molar refractivity (Wildman–Crippen MR) is 82.9 cm³/mol. The van der Waals surface area contributed by atoms with Gasteiger partial charge in [0.05, 0.1) is 5.02 Å². The Kier molecular flexibility index (Phi) is 4.06. The van der Waals surface area contributed by atoms with Crippen LogP contribution in [0.4, 0.5) is 0 Å². The molecule has 1 aromatic heterocycles. The Morgan fingerprint density at radius 2 is 1.62 bits per heavy atom. The molecule has 0 amide bonds. The van der Waals surface area contributed by atoms with E-state index >= 15 is 0 Å². The van der Waals surface area contributed by atoms with Gasteiger partial charge in [-0.1, -0.05) is 23.7 Å². The van der Waals surface area contributed by atoms with Gasteiger partial charge in [0.1, 0.15) is 4.90 Å². The summed E-state index contributed by atoms with van der Waals surface area (Å²) in [6.45, 7) is 1.05. The molecule has 3 rings (SSSR count). The third-order valence-electron chi connectivity index (χ3n) is 3.93. The van der Waals surface area contributed by atoms with E-state index in [2.05, 4.69) is 4.57 Å². The minimum atomic E-state index is -3.49. The molecule has 0 bridgehead atoms. The van der Waals surface area contributed by atoms with Crippen LogP contribution in [-0.2, 0) is 10.0 Å². The van der Waals surface area contributed by atoms with E-state index in [1.54, 1.807) is 24.3 Å². The number of rotatable bonds is 3. The third kappa shape index (κ3) is 2.86. The Hall–Kier alpha value is -1.30. The SMILES string of the molecule is O=S(=O)(c1ccccc1Cl)N1CCC(n2cccc2)CC1. The molecule has 1 aliphatic rings. The maximum atomic E-state index is 12.6. The van der Waals surface area contributed by atoms with Gasteiger partial charge in [0.15, 0.2) is 0 Å². The van der Waals surface area contributed by atoms with Crippen LogP contribution < -0.4 is 0 Å². The lowest BCUT2D eigenvalue weighted by Gasteiger charge is -2.32. The molecule has 2 heterocycles. The van der Waals surface area contributed by atoms with Gasteiger partial charge in [-0.25, -0.2) is 8.42 Å². The summed E-state index contributed by atoms with van der Waals surface area (Å²) in [5.74, 6) is 0. The van der Waals surface area contributed by atoms with Crippen molar-refractivity contribution in [1.82, 2.24) is 8.87 Å². The van der Waals surface area contributed by atoms with Gasteiger partial charge in [0, 0.05) is 31.5 Å². The molecule has 2 aromatic rings. The van der Waals surface area contributed by atoms with Crippen LogP contribution in [0.5, 0.6) is 0 Å². The number of nitrogens with zero attached hydrogens (tertiary/aromatic N) is 2. The van der Waals surface area contributed by atoms with Crippen molar-refractivity contribution in [1.29, 1.82) is 0 Å². The van der Waals surface area contributed by atoms with Crippen LogP contribution in [0.3, 0.4) is 0 Å². The molecule has 0 unspecified atom stereocenters.